The molecule has 5 heteroatoms. The van der Waals surface area contributed by atoms with Gasteiger partial charge >= 0.3 is 0 Å². The molecule has 1 amide bonds. The summed E-state index contributed by atoms with van der Waals surface area (Å²) in [6.45, 7) is 1.03. The standard InChI is InChI=1S/C10H13FN2O2/c1-13-4-5-15-9-3-2-7(11)6-8(9)10(12)14/h2-3,6,13H,4-5H2,1H3,(H2,12,14). The Balaban J connectivity index is 2.81. The van der Waals surface area contributed by atoms with Crippen molar-refractivity contribution in [1.29, 1.82) is 0 Å². The fourth-order valence-electron chi connectivity index (χ4n) is 1.08. The lowest BCUT2D eigenvalue weighted by Gasteiger charge is -2.09. The van der Waals surface area contributed by atoms with E-state index in [1.165, 1.54) is 12.1 Å². The molecule has 0 bridgehead atoms. The summed E-state index contributed by atoms with van der Waals surface area (Å²) in [7, 11) is 1.78. The number of halogens is 1. The van der Waals surface area contributed by atoms with Gasteiger partial charge < -0.3 is 15.8 Å². The summed E-state index contributed by atoms with van der Waals surface area (Å²) in [5.41, 5.74) is 5.15. The number of primary amides is 1. The van der Waals surface area contributed by atoms with E-state index in [2.05, 4.69) is 5.32 Å². The van der Waals surface area contributed by atoms with Crippen LogP contribution < -0.4 is 15.8 Å². The van der Waals surface area contributed by atoms with Gasteiger partial charge in [-0.25, -0.2) is 4.39 Å². The third kappa shape index (κ3) is 3.21. The highest BCUT2D eigenvalue weighted by Gasteiger charge is 2.10. The minimum absolute atomic E-state index is 0.0612. The number of nitrogens with one attached hydrogen (secondary N) is 1. The molecule has 3 N–H and O–H groups in total. The lowest BCUT2D eigenvalue weighted by Crippen LogP contribution is -2.18. The molecule has 0 aromatic heterocycles. The summed E-state index contributed by atoms with van der Waals surface area (Å²) in [5, 5.41) is 2.88. The van der Waals surface area contributed by atoms with Crippen LogP contribution in [0, 0.1) is 5.82 Å². The van der Waals surface area contributed by atoms with Crippen molar-refractivity contribution in [2.24, 2.45) is 5.73 Å². The number of benzene rings is 1. The molecule has 1 rings (SSSR count). The van der Waals surface area contributed by atoms with Gasteiger partial charge in [0.1, 0.15) is 18.2 Å². The van der Waals surface area contributed by atoms with Crippen molar-refractivity contribution in [3.05, 3.63) is 29.6 Å². The van der Waals surface area contributed by atoms with Crippen molar-refractivity contribution in [2.75, 3.05) is 20.2 Å². The van der Waals surface area contributed by atoms with Gasteiger partial charge in [0, 0.05) is 6.54 Å². The highest BCUT2D eigenvalue weighted by atomic mass is 19.1. The fraction of sp³-hybridized carbons (Fsp3) is 0.300. The molecule has 0 spiro atoms. The molecular formula is C10H13FN2O2. The first-order valence-electron chi connectivity index (χ1n) is 4.52. The average molecular weight is 212 g/mol. The van der Waals surface area contributed by atoms with Gasteiger partial charge in [-0.3, -0.25) is 4.79 Å². The van der Waals surface area contributed by atoms with Crippen LogP contribution in [0.15, 0.2) is 18.2 Å². The zero-order chi connectivity index (χ0) is 11.3. The molecule has 0 atom stereocenters. The van der Waals surface area contributed by atoms with E-state index in [4.69, 9.17) is 10.5 Å². The molecule has 82 valence electrons. The molecule has 0 saturated heterocycles. The van der Waals surface area contributed by atoms with E-state index in [0.29, 0.717) is 18.9 Å². The number of carbonyl (C=O) groups is 1. The van der Waals surface area contributed by atoms with Gasteiger partial charge in [-0.15, -0.1) is 0 Å². The van der Waals surface area contributed by atoms with Gasteiger partial charge in [-0.05, 0) is 25.2 Å². The largest absolute Gasteiger partial charge is 0.491 e. The first kappa shape index (κ1) is 11.5. The highest BCUT2D eigenvalue weighted by molar-refractivity contribution is 5.95. The van der Waals surface area contributed by atoms with Crippen molar-refractivity contribution in [1.82, 2.24) is 5.32 Å². The molecule has 0 saturated carbocycles. The van der Waals surface area contributed by atoms with Gasteiger partial charge in [0.2, 0.25) is 0 Å². The van der Waals surface area contributed by atoms with E-state index in [1.807, 2.05) is 0 Å². The minimum atomic E-state index is -0.700. The number of carbonyl (C=O) groups excluding carboxylic acids is 1. The minimum Gasteiger partial charge on any atom is -0.491 e. The van der Waals surface area contributed by atoms with Crippen LogP contribution in [0.5, 0.6) is 5.75 Å². The van der Waals surface area contributed by atoms with E-state index in [-0.39, 0.29) is 5.56 Å². The van der Waals surface area contributed by atoms with Crippen LogP contribution in [0.3, 0.4) is 0 Å². The molecule has 0 heterocycles. The molecular weight excluding hydrogens is 199 g/mol. The third-order valence-electron chi connectivity index (χ3n) is 1.82. The fourth-order valence-corrected chi connectivity index (χ4v) is 1.08. The predicted octanol–water partition coefficient (Wildman–Crippen LogP) is 0.523. The van der Waals surface area contributed by atoms with Gasteiger partial charge in [0.05, 0.1) is 5.56 Å². The highest BCUT2D eigenvalue weighted by Crippen LogP contribution is 2.18. The zero-order valence-corrected chi connectivity index (χ0v) is 8.42. The Morgan fingerprint density at radius 1 is 1.60 bits per heavy atom. The molecule has 0 aliphatic rings. The Hall–Kier alpha value is -1.62. The van der Waals surface area contributed by atoms with E-state index >= 15 is 0 Å². The number of likely N-dealkylation sites (N-methyl/N-ethyl adjacent to an activating group) is 1. The summed E-state index contributed by atoms with van der Waals surface area (Å²) >= 11 is 0. The monoisotopic (exact) mass is 212 g/mol. The summed E-state index contributed by atoms with van der Waals surface area (Å²) in [6.07, 6.45) is 0. The van der Waals surface area contributed by atoms with Gasteiger partial charge in [0.15, 0.2) is 0 Å². The first-order valence-corrected chi connectivity index (χ1v) is 4.52. The summed E-state index contributed by atoms with van der Waals surface area (Å²) in [5.74, 6) is -0.905. The van der Waals surface area contributed by atoms with Crippen LogP contribution in [0.25, 0.3) is 0 Å². The van der Waals surface area contributed by atoms with Crippen LogP contribution in [0.4, 0.5) is 4.39 Å². The molecule has 1 aromatic rings. The van der Waals surface area contributed by atoms with Crippen LogP contribution in [0.2, 0.25) is 0 Å². The van der Waals surface area contributed by atoms with Crippen LogP contribution in [0.1, 0.15) is 10.4 Å². The Labute approximate surface area is 87.2 Å². The van der Waals surface area contributed by atoms with E-state index < -0.39 is 11.7 Å². The zero-order valence-electron chi connectivity index (χ0n) is 8.42. The average Bonchev–Trinajstić information content (AvgIpc) is 2.20. The quantitative estimate of drug-likeness (QED) is 0.699. The summed E-state index contributed by atoms with van der Waals surface area (Å²) in [4.78, 5) is 11.0. The Morgan fingerprint density at radius 3 is 2.93 bits per heavy atom. The molecule has 0 fully saturated rings. The number of nitrogens with two attached hydrogens (primary N) is 1. The molecule has 0 unspecified atom stereocenters. The second kappa shape index (κ2) is 5.31. The van der Waals surface area contributed by atoms with Crippen molar-refractivity contribution < 1.29 is 13.9 Å². The van der Waals surface area contributed by atoms with Gasteiger partial charge in [0.25, 0.3) is 5.91 Å². The van der Waals surface area contributed by atoms with Crippen molar-refractivity contribution >= 4 is 5.91 Å². The molecule has 4 nitrogen and oxygen atoms in total. The number of ether oxygens (including phenoxy) is 1. The normalized spacial score (nSPS) is 10.0. The first-order chi connectivity index (χ1) is 7.15. The van der Waals surface area contributed by atoms with E-state index in [0.717, 1.165) is 6.07 Å². The van der Waals surface area contributed by atoms with Crippen LogP contribution in [-0.2, 0) is 0 Å². The Morgan fingerprint density at radius 2 is 2.33 bits per heavy atom. The number of hydrogen-bond acceptors (Lipinski definition) is 3. The van der Waals surface area contributed by atoms with Crippen molar-refractivity contribution in [2.45, 2.75) is 0 Å². The van der Waals surface area contributed by atoms with E-state index in [9.17, 15) is 9.18 Å². The number of amides is 1. The second-order valence-electron chi connectivity index (χ2n) is 2.96. The molecule has 15 heavy (non-hydrogen) atoms. The predicted molar refractivity (Wildman–Crippen MR) is 54.3 cm³/mol. The molecule has 0 aliphatic heterocycles. The van der Waals surface area contributed by atoms with Crippen LogP contribution >= 0.6 is 0 Å². The lowest BCUT2D eigenvalue weighted by atomic mass is 10.2. The van der Waals surface area contributed by atoms with Crippen LogP contribution in [-0.4, -0.2) is 26.1 Å². The third-order valence-corrected chi connectivity index (χ3v) is 1.82. The molecule has 0 radical (unpaired) electrons. The van der Waals surface area contributed by atoms with Gasteiger partial charge in [-0.2, -0.15) is 0 Å². The smallest absolute Gasteiger partial charge is 0.252 e. The molecule has 1 aromatic carbocycles. The summed E-state index contributed by atoms with van der Waals surface area (Å²) in [6, 6.07) is 3.68. The summed E-state index contributed by atoms with van der Waals surface area (Å²) < 4.78 is 18.1. The van der Waals surface area contributed by atoms with Crippen molar-refractivity contribution in [3.8, 4) is 5.75 Å². The maximum Gasteiger partial charge on any atom is 0.252 e. The molecule has 0 aliphatic carbocycles. The van der Waals surface area contributed by atoms with Gasteiger partial charge in [-0.1, -0.05) is 0 Å². The maximum absolute atomic E-state index is 12.8. The topological polar surface area (TPSA) is 64.3 Å². The SMILES string of the molecule is CNCCOc1ccc(F)cc1C(N)=O. The second-order valence-corrected chi connectivity index (χ2v) is 2.96. The lowest BCUT2D eigenvalue weighted by molar-refractivity contribution is 0.0996. The van der Waals surface area contributed by atoms with Crippen molar-refractivity contribution in [3.63, 3.8) is 0 Å². The maximum atomic E-state index is 12.8. The van der Waals surface area contributed by atoms with E-state index in [1.54, 1.807) is 7.05 Å². The Kier molecular flexibility index (Phi) is 4.05. The Bertz CT molecular complexity index is 355. The number of rotatable bonds is 5. The number of hydrogen-bond donors (Lipinski definition) is 2.